The molecule has 0 amide bonds. The van der Waals surface area contributed by atoms with Crippen LogP contribution in [0.25, 0.3) is 0 Å². The van der Waals surface area contributed by atoms with Crippen LogP contribution >= 0.6 is 0 Å². The lowest BCUT2D eigenvalue weighted by molar-refractivity contribution is -0.0695. The van der Waals surface area contributed by atoms with Crippen LogP contribution in [0.3, 0.4) is 0 Å². The highest BCUT2D eigenvalue weighted by Crippen LogP contribution is 2.25. The third-order valence-corrected chi connectivity index (χ3v) is 3.64. The fraction of sp³-hybridized carbons (Fsp3) is 1.00. The molecular formula is C12H23NO3. The summed E-state index contributed by atoms with van der Waals surface area (Å²) in [6.07, 6.45) is 4.11. The van der Waals surface area contributed by atoms with Crippen LogP contribution in [-0.2, 0) is 9.47 Å². The molecule has 1 aliphatic carbocycles. The van der Waals surface area contributed by atoms with Gasteiger partial charge in [-0.15, -0.1) is 0 Å². The predicted molar refractivity (Wildman–Crippen MR) is 61.4 cm³/mol. The van der Waals surface area contributed by atoms with Gasteiger partial charge in [-0.2, -0.15) is 0 Å². The maximum atomic E-state index is 10.2. The van der Waals surface area contributed by atoms with Gasteiger partial charge in [0, 0.05) is 45.2 Å². The molecule has 0 radical (unpaired) electrons. The Balaban J connectivity index is 1.61. The predicted octanol–water partition coefficient (Wildman–Crippen LogP) is 0.685. The maximum Gasteiger partial charge on any atom is 0.0815 e. The van der Waals surface area contributed by atoms with E-state index in [4.69, 9.17) is 9.47 Å². The van der Waals surface area contributed by atoms with Crippen molar-refractivity contribution in [3.8, 4) is 0 Å². The van der Waals surface area contributed by atoms with Crippen LogP contribution in [-0.4, -0.2) is 49.2 Å². The van der Waals surface area contributed by atoms with Crippen LogP contribution in [0.15, 0.2) is 0 Å². The van der Waals surface area contributed by atoms with Crippen molar-refractivity contribution in [2.45, 2.75) is 50.4 Å². The third kappa shape index (κ3) is 3.17. The molecular weight excluding hydrogens is 206 g/mol. The van der Waals surface area contributed by atoms with E-state index >= 15 is 0 Å². The highest BCUT2D eigenvalue weighted by Gasteiger charge is 2.34. The van der Waals surface area contributed by atoms with E-state index in [-0.39, 0.29) is 0 Å². The van der Waals surface area contributed by atoms with Crippen molar-refractivity contribution in [3.05, 3.63) is 0 Å². The summed E-state index contributed by atoms with van der Waals surface area (Å²) in [5, 5.41) is 13.7. The van der Waals surface area contributed by atoms with E-state index in [9.17, 15) is 5.11 Å². The van der Waals surface area contributed by atoms with Crippen molar-refractivity contribution in [1.82, 2.24) is 5.32 Å². The van der Waals surface area contributed by atoms with Crippen LogP contribution < -0.4 is 5.32 Å². The molecule has 1 aliphatic heterocycles. The zero-order chi connectivity index (χ0) is 11.4. The van der Waals surface area contributed by atoms with Crippen molar-refractivity contribution in [2.24, 2.45) is 0 Å². The number of hydrogen-bond donors (Lipinski definition) is 2. The van der Waals surface area contributed by atoms with Gasteiger partial charge < -0.3 is 19.9 Å². The molecule has 0 spiro atoms. The summed E-state index contributed by atoms with van der Waals surface area (Å²) in [5.74, 6) is 0. The van der Waals surface area contributed by atoms with Gasteiger partial charge in [0.2, 0.25) is 0 Å². The van der Waals surface area contributed by atoms with Gasteiger partial charge >= 0.3 is 0 Å². The maximum absolute atomic E-state index is 10.2. The second kappa shape index (κ2) is 5.45. The summed E-state index contributed by atoms with van der Waals surface area (Å²) in [4.78, 5) is 0. The van der Waals surface area contributed by atoms with Crippen molar-refractivity contribution < 1.29 is 14.6 Å². The minimum atomic E-state index is -0.547. The molecule has 1 saturated heterocycles. The molecule has 94 valence electrons. The van der Waals surface area contributed by atoms with Gasteiger partial charge in [0.1, 0.15) is 0 Å². The van der Waals surface area contributed by atoms with Gasteiger partial charge in [-0.3, -0.25) is 0 Å². The Kier molecular flexibility index (Phi) is 4.19. The van der Waals surface area contributed by atoms with Crippen molar-refractivity contribution in [1.29, 1.82) is 0 Å². The minimum Gasteiger partial charge on any atom is -0.388 e. The second-order valence-corrected chi connectivity index (χ2v) is 4.96. The number of aliphatic hydroxyl groups is 1. The molecule has 16 heavy (non-hydrogen) atoms. The van der Waals surface area contributed by atoms with E-state index in [1.165, 1.54) is 0 Å². The smallest absolute Gasteiger partial charge is 0.0815 e. The molecule has 2 rings (SSSR count). The third-order valence-electron chi connectivity index (χ3n) is 3.64. The first-order chi connectivity index (χ1) is 7.72. The minimum absolute atomic E-state index is 0.437. The molecule has 4 nitrogen and oxygen atoms in total. The summed E-state index contributed by atoms with van der Waals surface area (Å²) < 4.78 is 10.8. The Morgan fingerprint density at radius 1 is 1.38 bits per heavy atom. The summed E-state index contributed by atoms with van der Waals surface area (Å²) in [6, 6.07) is 0.531. The summed E-state index contributed by atoms with van der Waals surface area (Å²) in [7, 11) is 0. The van der Waals surface area contributed by atoms with E-state index in [0.29, 0.717) is 31.9 Å². The van der Waals surface area contributed by atoms with Crippen LogP contribution in [0.2, 0.25) is 0 Å². The highest BCUT2D eigenvalue weighted by molar-refractivity contribution is 4.90. The van der Waals surface area contributed by atoms with Crippen molar-refractivity contribution in [2.75, 3.05) is 26.4 Å². The fourth-order valence-corrected chi connectivity index (χ4v) is 2.37. The molecule has 0 atom stereocenters. The topological polar surface area (TPSA) is 50.7 Å². The first-order valence-corrected chi connectivity index (χ1v) is 6.37. The molecule has 2 aliphatic rings. The van der Waals surface area contributed by atoms with E-state index in [0.717, 1.165) is 32.3 Å². The SMILES string of the molecule is CCOC1CC(NCC2(O)CCOCC2)C1. The van der Waals surface area contributed by atoms with Gasteiger partial charge in [-0.05, 0) is 19.8 Å². The number of hydrogen-bond acceptors (Lipinski definition) is 4. The number of ether oxygens (including phenoxy) is 2. The van der Waals surface area contributed by atoms with E-state index < -0.39 is 5.60 Å². The molecule has 0 aromatic rings. The Hall–Kier alpha value is -0.160. The van der Waals surface area contributed by atoms with E-state index in [1.807, 2.05) is 6.92 Å². The molecule has 2 N–H and O–H groups in total. The lowest BCUT2D eigenvalue weighted by Crippen LogP contribution is -2.52. The Morgan fingerprint density at radius 3 is 2.69 bits per heavy atom. The van der Waals surface area contributed by atoms with Gasteiger partial charge in [0.25, 0.3) is 0 Å². The Morgan fingerprint density at radius 2 is 2.06 bits per heavy atom. The molecule has 2 fully saturated rings. The molecule has 0 aromatic carbocycles. The summed E-state index contributed by atoms with van der Waals surface area (Å²) >= 11 is 0. The van der Waals surface area contributed by atoms with Crippen LogP contribution in [0, 0.1) is 0 Å². The average Bonchev–Trinajstić information content (AvgIpc) is 2.22. The van der Waals surface area contributed by atoms with E-state index in [2.05, 4.69) is 5.32 Å². The standard InChI is InChI=1S/C12H23NO3/c1-2-16-11-7-10(8-11)13-9-12(14)3-5-15-6-4-12/h10-11,13-14H,2-9H2,1H3. The average molecular weight is 229 g/mol. The Labute approximate surface area is 97.3 Å². The van der Waals surface area contributed by atoms with Gasteiger partial charge in [-0.1, -0.05) is 0 Å². The highest BCUT2D eigenvalue weighted by atomic mass is 16.5. The largest absolute Gasteiger partial charge is 0.388 e. The number of nitrogens with one attached hydrogen (secondary N) is 1. The van der Waals surface area contributed by atoms with Gasteiger partial charge in [0.05, 0.1) is 11.7 Å². The van der Waals surface area contributed by atoms with Gasteiger partial charge in [0.15, 0.2) is 0 Å². The van der Waals surface area contributed by atoms with Gasteiger partial charge in [-0.25, -0.2) is 0 Å². The second-order valence-electron chi connectivity index (χ2n) is 4.96. The van der Waals surface area contributed by atoms with Crippen LogP contribution in [0.1, 0.15) is 32.6 Å². The monoisotopic (exact) mass is 229 g/mol. The summed E-state index contributed by atoms with van der Waals surface area (Å²) in [5.41, 5.74) is -0.547. The molecule has 1 saturated carbocycles. The van der Waals surface area contributed by atoms with Crippen molar-refractivity contribution in [3.63, 3.8) is 0 Å². The van der Waals surface area contributed by atoms with E-state index in [1.54, 1.807) is 0 Å². The molecule has 1 heterocycles. The van der Waals surface area contributed by atoms with Crippen molar-refractivity contribution >= 4 is 0 Å². The first kappa shape index (κ1) is 12.3. The molecule has 0 unspecified atom stereocenters. The lowest BCUT2D eigenvalue weighted by atomic mass is 9.87. The molecule has 4 heteroatoms. The normalized spacial score (nSPS) is 33.4. The van der Waals surface area contributed by atoms with Crippen LogP contribution in [0.5, 0.6) is 0 Å². The number of rotatable bonds is 5. The molecule has 0 bridgehead atoms. The lowest BCUT2D eigenvalue weighted by Gasteiger charge is -2.39. The zero-order valence-corrected chi connectivity index (χ0v) is 10.1. The molecule has 0 aromatic heterocycles. The van der Waals surface area contributed by atoms with Crippen LogP contribution in [0.4, 0.5) is 0 Å². The quantitative estimate of drug-likeness (QED) is 0.728. The first-order valence-electron chi connectivity index (χ1n) is 6.37. The fourth-order valence-electron chi connectivity index (χ4n) is 2.37. The Bertz CT molecular complexity index is 210. The zero-order valence-electron chi connectivity index (χ0n) is 10.1. The summed E-state index contributed by atoms with van der Waals surface area (Å²) in [6.45, 7) is 4.90.